The van der Waals surface area contributed by atoms with Crippen molar-refractivity contribution in [3.63, 3.8) is 0 Å². The normalized spacial score (nSPS) is 23.9. The molecule has 0 unspecified atom stereocenters. The van der Waals surface area contributed by atoms with Gasteiger partial charge in [-0.3, -0.25) is 28.5 Å². The van der Waals surface area contributed by atoms with Gasteiger partial charge < -0.3 is 29.0 Å². The molecule has 2 rings (SSSR count). The lowest BCUT2D eigenvalue weighted by atomic mass is 9.97. The number of amides is 1. The van der Waals surface area contributed by atoms with Crippen LogP contribution in [0.1, 0.15) is 40.8 Å². The lowest BCUT2D eigenvalue weighted by Crippen LogP contribution is -2.61. The minimum Gasteiger partial charge on any atom is -0.463 e. The first kappa shape index (κ1) is 26.4. The van der Waals surface area contributed by atoms with Crippen molar-refractivity contribution in [2.75, 3.05) is 11.9 Å². The largest absolute Gasteiger partial charge is 0.463 e. The quantitative estimate of drug-likeness (QED) is 0.387. The summed E-state index contributed by atoms with van der Waals surface area (Å²) in [6, 6.07) is 1.29. The summed E-state index contributed by atoms with van der Waals surface area (Å²) >= 11 is 0. The Kier molecular flexibility index (Phi) is 8.83. The average molecular weight is 483 g/mol. The van der Waals surface area contributed by atoms with Gasteiger partial charge in [0.1, 0.15) is 18.5 Å². The van der Waals surface area contributed by atoms with Crippen LogP contribution in [0.5, 0.6) is 0 Å². The molecule has 14 nitrogen and oxygen atoms in total. The summed E-state index contributed by atoms with van der Waals surface area (Å²) in [5.41, 5.74) is -0.910. The summed E-state index contributed by atoms with van der Waals surface area (Å²) in [5, 5.41) is 2.35. The van der Waals surface area contributed by atoms with Gasteiger partial charge >= 0.3 is 29.6 Å². The average Bonchev–Trinajstić information content (AvgIpc) is 2.68. The van der Waals surface area contributed by atoms with E-state index in [0.717, 1.165) is 32.3 Å². The summed E-state index contributed by atoms with van der Waals surface area (Å²) in [7, 11) is 0. The third-order valence-electron chi connectivity index (χ3n) is 4.37. The van der Waals surface area contributed by atoms with Crippen LogP contribution in [-0.4, -0.2) is 70.4 Å². The van der Waals surface area contributed by atoms with E-state index in [-0.39, 0.29) is 5.82 Å². The Morgan fingerprint density at radius 2 is 1.47 bits per heavy atom. The topological polar surface area (TPSA) is 178 Å². The number of nitrogens with zero attached hydrogens (tertiary/aromatic N) is 2. The number of aromatic nitrogens is 2. The minimum atomic E-state index is -1.47. The van der Waals surface area contributed by atoms with E-state index in [1.165, 1.54) is 19.2 Å². The van der Waals surface area contributed by atoms with Gasteiger partial charge in [0, 0.05) is 40.8 Å². The fraction of sp³-hybridized carbons (Fsp3) is 0.550. The molecule has 5 atom stereocenters. The molecule has 14 heteroatoms. The third-order valence-corrected chi connectivity index (χ3v) is 4.37. The van der Waals surface area contributed by atoms with Crippen molar-refractivity contribution < 1.29 is 47.7 Å². The van der Waals surface area contributed by atoms with Gasteiger partial charge in [0.25, 0.3) is 0 Å². The number of carbonyl (C=O) groups excluding carboxylic acids is 5. The summed E-state index contributed by atoms with van der Waals surface area (Å²) < 4.78 is 27.7. The molecule has 1 amide bonds. The summed E-state index contributed by atoms with van der Waals surface area (Å²) in [5.74, 6) is -3.58. The van der Waals surface area contributed by atoms with Crippen LogP contribution in [0, 0.1) is 0 Å². The maximum atomic E-state index is 12.7. The highest BCUT2D eigenvalue weighted by atomic mass is 16.7. The molecule has 1 saturated heterocycles. The summed E-state index contributed by atoms with van der Waals surface area (Å²) in [6.07, 6.45) is -5.72. The van der Waals surface area contributed by atoms with Crippen LogP contribution in [0.2, 0.25) is 0 Å². The SMILES string of the molecule is CC(=O)Nc1ccn([C@@H]2O[C@H](COC(C)=O)[C@@H](OC(C)=O)[C@H](OC(C)=O)[C@H]2OC(C)=O)c(=O)n1. The van der Waals surface area contributed by atoms with Crippen molar-refractivity contribution in [2.24, 2.45) is 0 Å². The summed E-state index contributed by atoms with van der Waals surface area (Å²) in [6.45, 7) is 5.18. The zero-order chi connectivity index (χ0) is 25.6. The Bertz CT molecular complexity index is 1020. The molecular formula is C20H25N3O11. The van der Waals surface area contributed by atoms with E-state index in [1.807, 2.05) is 0 Å². The van der Waals surface area contributed by atoms with E-state index in [0.29, 0.717) is 0 Å². The maximum absolute atomic E-state index is 12.7. The number of rotatable bonds is 7. The lowest BCUT2D eigenvalue weighted by molar-refractivity contribution is -0.269. The van der Waals surface area contributed by atoms with Gasteiger partial charge in [0.15, 0.2) is 24.5 Å². The van der Waals surface area contributed by atoms with Gasteiger partial charge in [-0.2, -0.15) is 4.98 Å². The van der Waals surface area contributed by atoms with Crippen molar-refractivity contribution in [2.45, 2.75) is 65.3 Å². The monoisotopic (exact) mass is 483 g/mol. The van der Waals surface area contributed by atoms with Crippen LogP contribution in [0.3, 0.4) is 0 Å². The number of ether oxygens (including phenoxy) is 5. The number of nitrogens with one attached hydrogen (secondary N) is 1. The van der Waals surface area contributed by atoms with Crippen molar-refractivity contribution >= 4 is 35.6 Å². The van der Waals surface area contributed by atoms with Gasteiger partial charge in [-0.15, -0.1) is 0 Å². The van der Waals surface area contributed by atoms with Crippen LogP contribution >= 0.6 is 0 Å². The van der Waals surface area contributed by atoms with Crippen LogP contribution in [0.15, 0.2) is 17.1 Å². The van der Waals surface area contributed by atoms with Crippen molar-refractivity contribution in [3.8, 4) is 0 Å². The van der Waals surface area contributed by atoms with E-state index in [9.17, 15) is 28.8 Å². The van der Waals surface area contributed by atoms with Crippen LogP contribution in [-0.2, 0) is 47.7 Å². The molecule has 1 aromatic heterocycles. The van der Waals surface area contributed by atoms with Gasteiger partial charge in [-0.25, -0.2) is 4.79 Å². The van der Waals surface area contributed by atoms with E-state index in [1.54, 1.807) is 0 Å². The predicted octanol–water partition coefficient (Wildman–Crippen LogP) is -0.543. The van der Waals surface area contributed by atoms with E-state index in [2.05, 4.69) is 10.3 Å². The molecule has 1 fully saturated rings. The Morgan fingerprint density at radius 3 is 1.97 bits per heavy atom. The van der Waals surface area contributed by atoms with Gasteiger partial charge in [-0.05, 0) is 6.07 Å². The Morgan fingerprint density at radius 1 is 0.912 bits per heavy atom. The molecule has 1 aliphatic heterocycles. The third kappa shape index (κ3) is 7.10. The zero-order valence-corrected chi connectivity index (χ0v) is 19.1. The second-order valence-corrected chi connectivity index (χ2v) is 7.27. The maximum Gasteiger partial charge on any atom is 0.351 e. The number of esters is 4. The number of hydrogen-bond donors (Lipinski definition) is 1. The molecule has 34 heavy (non-hydrogen) atoms. The van der Waals surface area contributed by atoms with Gasteiger partial charge in [0.05, 0.1) is 0 Å². The Balaban J connectivity index is 2.59. The van der Waals surface area contributed by atoms with Crippen LogP contribution in [0.4, 0.5) is 5.82 Å². The second kappa shape index (κ2) is 11.4. The highest BCUT2D eigenvalue weighted by Crippen LogP contribution is 2.34. The van der Waals surface area contributed by atoms with Gasteiger partial charge in [-0.1, -0.05) is 0 Å². The highest BCUT2D eigenvalue weighted by Gasteiger charge is 2.53. The number of anilines is 1. The van der Waals surface area contributed by atoms with E-state index in [4.69, 9.17) is 23.7 Å². The fourth-order valence-corrected chi connectivity index (χ4v) is 3.29. The second-order valence-electron chi connectivity index (χ2n) is 7.27. The van der Waals surface area contributed by atoms with Gasteiger partial charge in [0.2, 0.25) is 5.91 Å². The molecule has 0 spiro atoms. The Hall–Kier alpha value is -3.81. The first-order valence-electron chi connectivity index (χ1n) is 10.1. The molecule has 2 heterocycles. The molecule has 0 radical (unpaired) electrons. The van der Waals surface area contributed by atoms with Crippen molar-refractivity contribution in [3.05, 3.63) is 22.7 Å². The predicted molar refractivity (Wildman–Crippen MR) is 110 cm³/mol. The molecule has 0 saturated carbocycles. The first-order chi connectivity index (χ1) is 15.9. The molecular weight excluding hydrogens is 458 g/mol. The highest BCUT2D eigenvalue weighted by molar-refractivity contribution is 5.87. The molecule has 1 aliphatic rings. The smallest absolute Gasteiger partial charge is 0.351 e. The van der Waals surface area contributed by atoms with Crippen molar-refractivity contribution in [1.82, 2.24) is 9.55 Å². The van der Waals surface area contributed by atoms with Crippen LogP contribution < -0.4 is 11.0 Å². The molecule has 186 valence electrons. The summed E-state index contributed by atoms with van der Waals surface area (Å²) in [4.78, 5) is 74.5. The molecule has 1 aromatic rings. The fourth-order valence-electron chi connectivity index (χ4n) is 3.29. The molecule has 0 aromatic carbocycles. The Labute approximate surface area is 193 Å². The lowest BCUT2D eigenvalue weighted by Gasteiger charge is -2.44. The van der Waals surface area contributed by atoms with Crippen molar-refractivity contribution in [1.29, 1.82) is 0 Å². The zero-order valence-electron chi connectivity index (χ0n) is 19.1. The van der Waals surface area contributed by atoms with E-state index >= 15 is 0 Å². The number of hydrogen-bond acceptors (Lipinski definition) is 12. The first-order valence-corrected chi connectivity index (χ1v) is 10.1. The molecule has 0 bridgehead atoms. The van der Waals surface area contributed by atoms with Crippen LogP contribution in [0.25, 0.3) is 0 Å². The molecule has 1 N–H and O–H groups in total. The van der Waals surface area contributed by atoms with E-state index < -0.39 is 72.7 Å². The minimum absolute atomic E-state index is 0.0422. The molecule has 0 aliphatic carbocycles. The standard InChI is InChI=1S/C20H25N3O11/c1-9(24)21-15-6-7-23(20(29)22-15)19-18(33-13(5)28)17(32-12(4)27)16(31-11(3)26)14(34-19)8-30-10(2)25/h6-7,14,16-19H,8H2,1-5H3,(H,21,22,24,29)/t14-,16-,17+,18-,19-/m1/s1. The number of carbonyl (C=O) groups is 5.